The molecule has 0 bridgehead atoms. The number of benzene rings is 1. The van der Waals surface area contributed by atoms with E-state index < -0.39 is 9.84 Å². The van der Waals surface area contributed by atoms with Gasteiger partial charge in [-0.3, -0.25) is 4.79 Å². The molecule has 0 aliphatic heterocycles. The molecule has 1 aromatic carbocycles. The van der Waals surface area contributed by atoms with Crippen molar-refractivity contribution >= 4 is 27.1 Å². The van der Waals surface area contributed by atoms with Crippen molar-refractivity contribution in [3.8, 4) is 0 Å². The van der Waals surface area contributed by atoms with Gasteiger partial charge in [0, 0.05) is 6.92 Å². The van der Waals surface area contributed by atoms with Gasteiger partial charge in [0.25, 0.3) is 0 Å². The van der Waals surface area contributed by atoms with Crippen LogP contribution < -0.4 is 5.32 Å². The molecule has 0 saturated heterocycles. The van der Waals surface area contributed by atoms with Crippen LogP contribution in [0.2, 0.25) is 0 Å². The molecule has 7 nitrogen and oxygen atoms in total. The summed E-state index contributed by atoms with van der Waals surface area (Å²) in [5.74, 6) is -0.225. The van der Waals surface area contributed by atoms with Crippen LogP contribution in [0.5, 0.6) is 0 Å². The first-order chi connectivity index (χ1) is 12.3. The number of carbonyl (C=O) groups is 1. The zero-order valence-electron chi connectivity index (χ0n) is 15.1. The molecule has 0 aliphatic rings. The second-order valence-corrected chi connectivity index (χ2v) is 7.91. The molecule has 3 aromatic rings. The van der Waals surface area contributed by atoms with Gasteiger partial charge < -0.3 is 5.32 Å². The van der Waals surface area contributed by atoms with Crippen LogP contribution in [-0.4, -0.2) is 28.9 Å². The number of nitrogens with zero attached hydrogens (tertiary/aromatic N) is 3. The topological polar surface area (TPSA) is 93.4 Å². The molecule has 3 rings (SSSR count). The SMILES string of the molecule is CCc1nn2c(C)c(NC(C)=O)c(C)nc2c1S(=O)(=O)c1ccccc1. The number of aromatic nitrogens is 3. The molecule has 0 aliphatic carbocycles. The minimum atomic E-state index is -3.77. The van der Waals surface area contributed by atoms with Gasteiger partial charge in [-0.2, -0.15) is 5.10 Å². The molecule has 0 atom stereocenters. The van der Waals surface area contributed by atoms with Gasteiger partial charge in [0.05, 0.1) is 27.7 Å². The third-order valence-corrected chi connectivity index (χ3v) is 6.01. The van der Waals surface area contributed by atoms with E-state index in [2.05, 4.69) is 15.4 Å². The van der Waals surface area contributed by atoms with E-state index in [1.54, 1.807) is 44.2 Å². The number of rotatable bonds is 4. The zero-order valence-corrected chi connectivity index (χ0v) is 15.9. The first-order valence-electron chi connectivity index (χ1n) is 8.24. The molecule has 0 saturated carbocycles. The lowest BCUT2D eigenvalue weighted by atomic mass is 10.2. The molecule has 8 heteroatoms. The third-order valence-electron chi connectivity index (χ3n) is 4.16. The molecule has 1 amide bonds. The smallest absolute Gasteiger partial charge is 0.221 e. The highest BCUT2D eigenvalue weighted by Gasteiger charge is 2.29. The summed E-state index contributed by atoms with van der Waals surface area (Å²) in [5, 5.41) is 7.19. The monoisotopic (exact) mass is 372 g/mol. The molecule has 0 fully saturated rings. The van der Waals surface area contributed by atoms with Crippen molar-refractivity contribution in [3.63, 3.8) is 0 Å². The summed E-state index contributed by atoms with van der Waals surface area (Å²) in [6.45, 7) is 6.77. The van der Waals surface area contributed by atoms with E-state index in [0.29, 0.717) is 29.2 Å². The minimum Gasteiger partial charge on any atom is -0.323 e. The summed E-state index contributed by atoms with van der Waals surface area (Å²) in [6.07, 6.45) is 0.443. The lowest BCUT2D eigenvalue weighted by Gasteiger charge is -2.11. The predicted octanol–water partition coefficient (Wildman–Crippen LogP) is 2.70. The van der Waals surface area contributed by atoms with Crippen molar-refractivity contribution < 1.29 is 13.2 Å². The maximum Gasteiger partial charge on any atom is 0.221 e. The van der Waals surface area contributed by atoms with E-state index in [4.69, 9.17) is 0 Å². The summed E-state index contributed by atoms with van der Waals surface area (Å²) in [7, 11) is -3.77. The lowest BCUT2D eigenvalue weighted by Crippen LogP contribution is -2.13. The van der Waals surface area contributed by atoms with Crippen LogP contribution in [0.4, 0.5) is 5.69 Å². The fourth-order valence-corrected chi connectivity index (χ4v) is 4.55. The molecule has 1 N–H and O–H groups in total. The Morgan fingerprint density at radius 2 is 1.85 bits per heavy atom. The fourth-order valence-electron chi connectivity index (χ4n) is 2.93. The summed E-state index contributed by atoms with van der Waals surface area (Å²) >= 11 is 0. The molecule has 2 aromatic heterocycles. The number of aryl methyl sites for hydroxylation is 3. The second-order valence-electron chi connectivity index (χ2n) is 6.02. The Kier molecular flexibility index (Phi) is 4.53. The predicted molar refractivity (Wildman–Crippen MR) is 98.0 cm³/mol. The Labute approximate surface area is 152 Å². The van der Waals surface area contributed by atoms with Gasteiger partial charge in [-0.25, -0.2) is 17.9 Å². The highest BCUT2D eigenvalue weighted by molar-refractivity contribution is 7.91. The highest BCUT2D eigenvalue weighted by atomic mass is 32.2. The number of hydrogen-bond donors (Lipinski definition) is 1. The fraction of sp³-hybridized carbons (Fsp3) is 0.278. The summed E-state index contributed by atoms with van der Waals surface area (Å²) in [4.78, 5) is 16.2. The van der Waals surface area contributed by atoms with Crippen LogP contribution in [0, 0.1) is 13.8 Å². The first kappa shape index (κ1) is 18.1. The quantitative estimate of drug-likeness (QED) is 0.760. The van der Waals surface area contributed by atoms with Gasteiger partial charge in [-0.1, -0.05) is 25.1 Å². The van der Waals surface area contributed by atoms with Crippen molar-refractivity contribution in [2.24, 2.45) is 0 Å². The van der Waals surface area contributed by atoms with Crippen molar-refractivity contribution in [2.45, 2.75) is 43.9 Å². The number of fused-ring (bicyclic) bond motifs is 1. The maximum atomic E-state index is 13.2. The minimum absolute atomic E-state index is 0.117. The largest absolute Gasteiger partial charge is 0.323 e. The van der Waals surface area contributed by atoms with Crippen LogP contribution in [0.1, 0.15) is 30.9 Å². The summed E-state index contributed by atoms with van der Waals surface area (Å²) < 4.78 is 27.9. The van der Waals surface area contributed by atoms with E-state index in [9.17, 15) is 13.2 Å². The maximum absolute atomic E-state index is 13.2. The molecule has 0 radical (unpaired) electrons. The zero-order chi connectivity index (χ0) is 19.1. The molecular formula is C18H20N4O3S. The number of anilines is 1. The van der Waals surface area contributed by atoms with Crippen LogP contribution in [0.25, 0.3) is 5.65 Å². The molecular weight excluding hydrogens is 352 g/mol. The number of hydrogen-bond acceptors (Lipinski definition) is 5. The van der Waals surface area contributed by atoms with Crippen molar-refractivity contribution in [1.82, 2.24) is 14.6 Å². The standard InChI is InChI=1S/C18H20N4O3S/c1-5-15-17(26(24,25)14-9-7-6-8-10-14)18-19-11(2)16(20-13(4)23)12(3)22(18)21-15/h6-10H,5H2,1-4H3,(H,20,23). The van der Waals surface area contributed by atoms with Gasteiger partial charge in [0.15, 0.2) is 5.65 Å². The van der Waals surface area contributed by atoms with E-state index in [0.717, 1.165) is 0 Å². The first-order valence-corrected chi connectivity index (χ1v) is 9.72. The Hall–Kier alpha value is -2.74. The van der Waals surface area contributed by atoms with Crippen molar-refractivity contribution in [1.29, 1.82) is 0 Å². The molecule has 2 heterocycles. The van der Waals surface area contributed by atoms with Gasteiger partial charge >= 0.3 is 0 Å². The average molecular weight is 372 g/mol. The van der Waals surface area contributed by atoms with E-state index in [-0.39, 0.29) is 21.3 Å². The molecule has 136 valence electrons. The highest BCUT2D eigenvalue weighted by Crippen LogP contribution is 2.30. The van der Waals surface area contributed by atoms with E-state index in [1.165, 1.54) is 11.4 Å². The third kappa shape index (κ3) is 2.86. The van der Waals surface area contributed by atoms with Gasteiger partial charge in [0.1, 0.15) is 4.90 Å². The number of carbonyl (C=O) groups excluding carboxylic acids is 1. The summed E-state index contributed by atoms with van der Waals surface area (Å²) in [5.41, 5.74) is 2.43. The Morgan fingerprint density at radius 1 is 1.19 bits per heavy atom. The van der Waals surface area contributed by atoms with Crippen molar-refractivity contribution in [3.05, 3.63) is 47.4 Å². The summed E-state index contributed by atoms with van der Waals surface area (Å²) in [6, 6.07) is 8.25. The van der Waals surface area contributed by atoms with Gasteiger partial charge in [0.2, 0.25) is 15.7 Å². The van der Waals surface area contributed by atoms with Gasteiger partial charge in [-0.05, 0) is 32.4 Å². The van der Waals surface area contributed by atoms with Crippen molar-refractivity contribution in [2.75, 3.05) is 5.32 Å². The molecule has 0 spiro atoms. The lowest BCUT2D eigenvalue weighted by molar-refractivity contribution is -0.114. The molecule has 0 unspecified atom stereocenters. The van der Waals surface area contributed by atoms with Gasteiger partial charge in [-0.15, -0.1) is 0 Å². The Morgan fingerprint density at radius 3 is 2.42 bits per heavy atom. The van der Waals surface area contributed by atoms with E-state index in [1.807, 2.05) is 6.92 Å². The number of nitrogens with one attached hydrogen (secondary N) is 1. The Bertz CT molecular complexity index is 1100. The van der Waals surface area contributed by atoms with Crippen LogP contribution >= 0.6 is 0 Å². The van der Waals surface area contributed by atoms with Crippen LogP contribution in [-0.2, 0) is 21.1 Å². The average Bonchev–Trinajstić information content (AvgIpc) is 2.98. The number of sulfone groups is 1. The second kappa shape index (κ2) is 6.53. The van der Waals surface area contributed by atoms with Crippen LogP contribution in [0.3, 0.4) is 0 Å². The Balaban J connectivity index is 2.35. The number of amides is 1. The normalized spacial score (nSPS) is 11.7. The van der Waals surface area contributed by atoms with Crippen LogP contribution in [0.15, 0.2) is 40.1 Å². The molecule has 26 heavy (non-hydrogen) atoms. The van der Waals surface area contributed by atoms with E-state index >= 15 is 0 Å².